The van der Waals surface area contributed by atoms with Gasteiger partial charge in [-0.3, -0.25) is 9.59 Å². The van der Waals surface area contributed by atoms with Crippen LogP contribution in [0.1, 0.15) is 29.0 Å². The number of carbonyl (C=O) groups excluding carboxylic acids is 2. The molecule has 1 aromatic heterocycles. The largest absolute Gasteiger partial charge is 0.391 e. The van der Waals surface area contributed by atoms with Crippen LogP contribution in [0.4, 0.5) is 0 Å². The van der Waals surface area contributed by atoms with Crippen LogP contribution >= 0.6 is 11.6 Å². The predicted octanol–water partition coefficient (Wildman–Crippen LogP) is 1.77. The van der Waals surface area contributed by atoms with Crippen LogP contribution in [0.5, 0.6) is 0 Å². The first kappa shape index (κ1) is 19.4. The number of nitrogens with zero attached hydrogens (tertiary/aromatic N) is 2. The molecule has 1 aliphatic heterocycles. The van der Waals surface area contributed by atoms with Gasteiger partial charge in [-0.15, -0.1) is 0 Å². The summed E-state index contributed by atoms with van der Waals surface area (Å²) in [6, 6.07) is 6.51. The Morgan fingerprint density at radius 1 is 1.37 bits per heavy atom. The van der Waals surface area contributed by atoms with E-state index in [-0.39, 0.29) is 31.2 Å². The number of aryl methyl sites for hydroxylation is 2. The number of β-amino-alcohol motifs (C(OH)–C–C–N with tert-alkyl or cyclic N) is 1. The lowest BCUT2D eigenvalue weighted by Gasteiger charge is -2.23. The number of likely N-dealkylation sites (tertiary alicyclic amines) is 1. The molecule has 8 heteroatoms. The van der Waals surface area contributed by atoms with E-state index in [1.165, 1.54) is 4.90 Å². The third kappa shape index (κ3) is 4.67. The standard InChI is InChI=1S/C19H22ClN3O4/c1-11-5-13(3-4-16(11)20)9-21-19(26)17-7-14(24)10-23(17)18(25)8-15-6-12(2)22-27-15/h3-6,14,17,24H,7-10H2,1-2H3,(H,21,26)/t14-,17+/m1/s1. The molecule has 1 aliphatic rings. The van der Waals surface area contributed by atoms with E-state index >= 15 is 0 Å². The summed E-state index contributed by atoms with van der Waals surface area (Å²) in [6.45, 7) is 4.12. The van der Waals surface area contributed by atoms with Crippen LogP contribution in [0.3, 0.4) is 0 Å². The van der Waals surface area contributed by atoms with E-state index in [2.05, 4.69) is 10.5 Å². The minimum Gasteiger partial charge on any atom is -0.391 e. The molecule has 0 unspecified atom stereocenters. The molecule has 2 aromatic rings. The number of aromatic nitrogens is 1. The first-order valence-electron chi connectivity index (χ1n) is 8.76. The highest BCUT2D eigenvalue weighted by molar-refractivity contribution is 6.31. The molecule has 0 spiro atoms. The average Bonchev–Trinajstić information content (AvgIpc) is 3.21. The van der Waals surface area contributed by atoms with Crippen molar-refractivity contribution in [3.05, 3.63) is 51.9 Å². The van der Waals surface area contributed by atoms with Gasteiger partial charge in [-0.25, -0.2) is 0 Å². The maximum atomic E-state index is 12.6. The first-order chi connectivity index (χ1) is 12.8. The molecule has 2 amide bonds. The highest BCUT2D eigenvalue weighted by atomic mass is 35.5. The van der Waals surface area contributed by atoms with Crippen LogP contribution in [-0.4, -0.2) is 45.7 Å². The molecule has 27 heavy (non-hydrogen) atoms. The van der Waals surface area contributed by atoms with Crippen molar-refractivity contribution in [1.29, 1.82) is 0 Å². The Hall–Kier alpha value is -2.38. The zero-order chi connectivity index (χ0) is 19.6. The number of hydrogen-bond acceptors (Lipinski definition) is 5. The topological polar surface area (TPSA) is 95.7 Å². The molecule has 1 fully saturated rings. The number of rotatable bonds is 5. The van der Waals surface area contributed by atoms with E-state index in [0.717, 1.165) is 11.1 Å². The number of nitrogens with one attached hydrogen (secondary N) is 1. The van der Waals surface area contributed by atoms with Crippen LogP contribution in [-0.2, 0) is 22.6 Å². The summed E-state index contributed by atoms with van der Waals surface area (Å²) < 4.78 is 5.07. The van der Waals surface area contributed by atoms with Crippen LogP contribution in [0.25, 0.3) is 0 Å². The van der Waals surface area contributed by atoms with Gasteiger partial charge in [0, 0.05) is 30.6 Å². The molecule has 0 saturated carbocycles. The monoisotopic (exact) mass is 391 g/mol. The molecule has 2 N–H and O–H groups in total. The molecule has 2 heterocycles. The third-order valence-electron chi connectivity index (χ3n) is 4.59. The summed E-state index contributed by atoms with van der Waals surface area (Å²) >= 11 is 6.01. The second kappa shape index (κ2) is 8.10. The van der Waals surface area contributed by atoms with Crippen molar-refractivity contribution < 1.29 is 19.2 Å². The lowest BCUT2D eigenvalue weighted by Crippen LogP contribution is -2.46. The number of carbonyl (C=O) groups is 2. The Morgan fingerprint density at radius 2 is 2.15 bits per heavy atom. The van der Waals surface area contributed by atoms with E-state index in [4.69, 9.17) is 16.1 Å². The van der Waals surface area contributed by atoms with Crippen molar-refractivity contribution in [3.63, 3.8) is 0 Å². The number of benzene rings is 1. The van der Waals surface area contributed by atoms with E-state index in [9.17, 15) is 14.7 Å². The fourth-order valence-electron chi connectivity index (χ4n) is 3.21. The maximum absolute atomic E-state index is 12.6. The van der Waals surface area contributed by atoms with E-state index < -0.39 is 12.1 Å². The Balaban J connectivity index is 1.62. The van der Waals surface area contributed by atoms with Crippen LogP contribution in [0, 0.1) is 13.8 Å². The fraction of sp³-hybridized carbons (Fsp3) is 0.421. The fourth-order valence-corrected chi connectivity index (χ4v) is 3.33. The molecule has 0 radical (unpaired) electrons. The predicted molar refractivity (Wildman–Crippen MR) is 99.1 cm³/mol. The zero-order valence-corrected chi connectivity index (χ0v) is 16.0. The Kier molecular flexibility index (Phi) is 5.82. The molecular weight excluding hydrogens is 370 g/mol. The van der Waals surface area contributed by atoms with E-state index in [1.807, 2.05) is 19.1 Å². The summed E-state index contributed by atoms with van der Waals surface area (Å²) in [5.74, 6) is -0.124. The van der Waals surface area contributed by atoms with Crippen molar-refractivity contribution >= 4 is 23.4 Å². The molecular formula is C19H22ClN3O4. The average molecular weight is 392 g/mol. The molecule has 2 atom stereocenters. The number of aliphatic hydroxyl groups is 1. The SMILES string of the molecule is Cc1cc(CC(=O)N2C[C@H](O)C[C@H]2C(=O)NCc2ccc(Cl)c(C)c2)on1. The van der Waals surface area contributed by atoms with Gasteiger partial charge in [0.25, 0.3) is 0 Å². The molecule has 1 saturated heterocycles. The summed E-state index contributed by atoms with van der Waals surface area (Å²) in [6.07, 6.45) is -0.501. The van der Waals surface area contributed by atoms with Gasteiger partial charge in [0.05, 0.1) is 18.2 Å². The van der Waals surface area contributed by atoms with Crippen molar-refractivity contribution in [3.8, 4) is 0 Å². The second-order valence-electron chi connectivity index (χ2n) is 6.86. The lowest BCUT2D eigenvalue weighted by molar-refractivity contribution is -0.138. The van der Waals surface area contributed by atoms with Gasteiger partial charge in [-0.2, -0.15) is 0 Å². The minimum atomic E-state index is -0.723. The van der Waals surface area contributed by atoms with Gasteiger partial charge >= 0.3 is 0 Å². The van der Waals surface area contributed by atoms with Crippen molar-refractivity contribution in [2.45, 2.75) is 45.4 Å². The van der Waals surface area contributed by atoms with Crippen molar-refractivity contribution in [2.24, 2.45) is 0 Å². The van der Waals surface area contributed by atoms with Crippen molar-refractivity contribution in [1.82, 2.24) is 15.4 Å². The Bertz CT molecular complexity index is 851. The third-order valence-corrected chi connectivity index (χ3v) is 5.02. The van der Waals surface area contributed by atoms with Gasteiger partial charge in [0.1, 0.15) is 11.8 Å². The number of aliphatic hydroxyl groups excluding tert-OH is 1. The van der Waals surface area contributed by atoms with Gasteiger partial charge in [-0.1, -0.05) is 28.9 Å². The zero-order valence-electron chi connectivity index (χ0n) is 15.2. The quantitative estimate of drug-likeness (QED) is 0.809. The van der Waals surface area contributed by atoms with Gasteiger partial charge in [0.2, 0.25) is 11.8 Å². The lowest BCUT2D eigenvalue weighted by atomic mass is 10.1. The summed E-state index contributed by atoms with van der Waals surface area (Å²) in [4.78, 5) is 26.6. The van der Waals surface area contributed by atoms with Crippen LogP contribution < -0.4 is 5.32 Å². The Morgan fingerprint density at radius 3 is 2.81 bits per heavy atom. The molecule has 0 bridgehead atoms. The summed E-state index contributed by atoms with van der Waals surface area (Å²) in [5.41, 5.74) is 2.53. The number of amides is 2. The Labute approximate surface area is 162 Å². The molecule has 3 rings (SSSR count). The molecule has 144 valence electrons. The van der Waals surface area contributed by atoms with Gasteiger partial charge in [-0.05, 0) is 31.0 Å². The van der Waals surface area contributed by atoms with Gasteiger partial charge < -0.3 is 19.8 Å². The van der Waals surface area contributed by atoms with Crippen LogP contribution in [0.2, 0.25) is 5.02 Å². The van der Waals surface area contributed by atoms with E-state index in [1.54, 1.807) is 19.1 Å². The van der Waals surface area contributed by atoms with Gasteiger partial charge in [0.15, 0.2) is 0 Å². The maximum Gasteiger partial charge on any atom is 0.243 e. The second-order valence-corrected chi connectivity index (χ2v) is 7.27. The van der Waals surface area contributed by atoms with Crippen molar-refractivity contribution in [2.75, 3.05) is 6.54 Å². The van der Waals surface area contributed by atoms with E-state index in [0.29, 0.717) is 23.0 Å². The number of hydrogen-bond donors (Lipinski definition) is 2. The normalized spacial score (nSPS) is 19.3. The highest BCUT2D eigenvalue weighted by Crippen LogP contribution is 2.21. The highest BCUT2D eigenvalue weighted by Gasteiger charge is 2.38. The molecule has 0 aliphatic carbocycles. The molecule has 7 nitrogen and oxygen atoms in total. The number of halogens is 1. The summed E-state index contributed by atoms with van der Waals surface area (Å²) in [7, 11) is 0. The smallest absolute Gasteiger partial charge is 0.243 e. The summed E-state index contributed by atoms with van der Waals surface area (Å²) in [5, 5.41) is 17.2. The van der Waals surface area contributed by atoms with Crippen LogP contribution in [0.15, 0.2) is 28.8 Å². The molecule has 1 aromatic carbocycles. The minimum absolute atomic E-state index is 0.00766. The first-order valence-corrected chi connectivity index (χ1v) is 9.13.